The van der Waals surface area contributed by atoms with Crippen molar-refractivity contribution in [3.05, 3.63) is 16.6 Å². The molecule has 3 N–H and O–H groups in total. The summed E-state index contributed by atoms with van der Waals surface area (Å²) in [7, 11) is -3.62. The number of carbonyl (C=O) groups is 1. The SMILES string of the molecule is Cl.NCC1CCN(S(=O)(=O)c2cc3c(cc2Br)NC(=O)CO3)C1. The number of anilines is 1. The zero-order chi connectivity index (χ0) is 15.9. The van der Waals surface area contributed by atoms with Gasteiger partial charge in [-0.2, -0.15) is 4.31 Å². The van der Waals surface area contributed by atoms with E-state index in [1.54, 1.807) is 6.07 Å². The number of hydrogen-bond donors (Lipinski definition) is 2. The second-order valence-corrected chi connectivity index (χ2v) is 8.13. The van der Waals surface area contributed by atoms with E-state index < -0.39 is 10.0 Å². The van der Waals surface area contributed by atoms with Gasteiger partial charge in [-0.05, 0) is 40.9 Å². The number of fused-ring (bicyclic) bond motifs is 1. The first-order chi connectivity index (χ1) is 10.4. The van der Waals surface area contributed by atoms with Crippen LogP contribution >= 0.6 is 28.3 Å². The predicted octanol–water partition coefficient (Wildman–Crippen LogP) is 1.17. The Bertz CT molecular complexity index is 728. The van der Waals surface area contributed by atoms with Gasteiger partial charge in [-0.3, -0.25) is 4.79 Å². The van der Waals surface area contributed by atoms with Crippen molar-refractivity contribution in [2.75, 3.05) is 31.6 Å². The predicted molar refractivity (Wildman–Crippen MR) is 91.4 cm³/mol. The Labute approximate surface area is 149 Å². The lowest BCUT2D eigenvalue weighted by Crippen LogP contribution is -2.31. The molecule has 7 nitrogen and oxygen atoms in total. The molecule has 3 rings (SSSR count). The van der Waals surface area contributed by atoms with Crippen molar-refractivity contribution in [1.82, 2.24) is 4.31 Å². The van der Waals surface area contributed by atoms with E-state index in [0.717, 1.165) is 6.42 Å². The molecule has 128 valence electrons. The van der Waals surface area contributed by atoms with Crippen LogP contribution in [-0.2, 0) is 14.8 Å². The van der Waals surface area contributed by atoms with E-state index in [9.17, 15) is 13.2 Å². The maximum Gasteiger partial charge on any atom is 0.262 e. The topological polar surface area (TPSA) is 102 Å². The van der Waals surface area contributed by atoms with Crippen molar-refractivity contribution >= 4 is 50.0 Å². The second-order valence-electron chi connectivity index (χ2n) is 5.37. The van der Waals surface area contributed by atoms with Crippen LogP contribution in [0.1, 0.15) is 6.42 Å². The normalized spacial score (nSPS) is 21.1. The molecule has 1 amide bonds. The fourth-order valence-electron chi connectivity index (χ4n) is 2.63. The standard InChI is InChI=1S/C13H16BrN3O4S.ClH/c14-9-3-10-11(21-7-13(18)16-10)4-12(9)22(19,20)17-2-1-8(5-15)6-17;/h3-4,8H,1-2,5-7,15H2,(H,16,18);1H. The number of sulfonamides is 1. The van der Waals surface area contributed by atoms with E-state index in [1.807, 2.05) is 0 Å². The molecule has 0 radical (unpaired) electrons. The van der Waals surface area contributed by atoms with Gasteiger partial charge in [0.1, 0.15) is 10.6 Å². The molecule has 0 saturated carbocycles. The highest BCUT2D eigenvalue weighted by atomic mass is 79.9. The summed E-state index contributed by atoms with van der Waals surface area (Å²) in [5.74, 6) is 0.290. The van der Waals surface area contributed by atoms with Gasteiger partial charge in [0, 0.05) is 23.6 Å². The van der Waals surface area contributed by atoms with E-state index in [-0.39, 0.29) is 35.7 Å². The lowest BCUT2D eigenvalue weighted by atomic mass is 10.1. The number of rotatable bonds is 3. The number of nitrogens with zero attached hydrogens (tertiary/aromatic N) is 1. The Morgan fingerprint density at radius 3 is 2.83 bits per heavy atom. The maximum atomic E-state index is 12.8. The number of hydrogen-bond acceptors (Lipinski definition) is 5. The molecule has 1 fully saturated rings. The van der Waals surface area contributed by atoms with Crippen molar-refractivity contribution in [2.24, 2.45) is 11.7 Å². The minimum atomic E-state index is -3.62. The molecular formula is C13H17BrClN3O4S. The van der Waals surface area contributed by atoms with Crippen LogP contribution in [0.15, 0.2) is 21.5 Å². The van der Waals surface area contributed by atoms with Crippen LogP contribution in [0.25, 0.3) is 0 Å². The molecule has 1 unspecified atom stereocenters. The van der Waals surface area contributed by atoms with Gasteiger partial charge in [-0.1, -0.05) is 0 Å². The van der Waals surface area contributed by atoms with Gasteiger partial charge in [-0.25, -0.2) is 8.42 Å². The average Bonchev–Trinajstić information content (AvgIpc) is 2.96. The van der Waals surface area contributed by atoms with Gasteiger partial charge in [0.15, 0.2) is 6.61 Å². The molecule has 2 aliphatic rings. The second kappa shape index (κ2) is 6.94. The third kappa shape index (κ3) is 3.48. The molecule has 1 aromatic rings. The molecule has 0 spiro atoms. The number of amides is 1. The molecule has 2 aliphatic heterocycles. The van der Waals surface area contributed by atoms with E-state index in [0.29, 0.717) is 35.5 Å². The zero-order valence-electron chi connectivity index (χ0n) is 12.1. The van der Waals surface area contributed by atoms with E-state index in [2.05, 4.69) is 21.2 Å². The highest BCUT2D eigenvalue weighted by Gasteiger charge is 2.34. The zero-order valence-corrected chi connectivity index (χ0v) is 15.3. The number of nitrogens with one attached hydrogen (secondary N) is 1. The Morgan fingerprint density at radius 1 is 1.43 bits per heavy atom. The largest absolute Gasteiger partial charge is 0.482 e. The van der Waals surface area contributed by atoms with Crippen LogP contribution in [0.5, 0.6) is 5.75 Å². The van der Waals surface area contributed by atoms with E-state index in [1.165, 1.54) is 10.4 Å². The quantitative estimate of drug-likeness (QED) is 0.755. The van der Waals surface area contributed by atoms with Gasteiger partial charge in [0.05, 0.1) is 5.69 Å². The average molecular weight is 427 g/mol. The Balaban J connectivity index is 0.00000192. The lowest BCUT2D eigenvalue weighted by molar-refractivity contribution is -0.118. The van der Waals surface area contributed by atoms with Gasteiger partial charge >= 0.3 is 0 Å². The summed E-state index contributed by atoms with van der Waals surface area (Å²) < 4.78 is 32.7. The molecule has 2 heterocycles. The van der Waals surface area contributed by atoms with Crippen LogP contribution in [0.4, 0.5) is 5.69 Å². The van der Waals surface area contributed by atoms with Gasteiger partial charge in [0.2, 0.25) is 10.0 Å². The molecule has 1 saturated heterocycles. The van der Waals surface area contributed by atoms with Crippen molar-refractivity contribution < 1.29 is 17.9 Å². The number of halogens is 2. The first kappa shape index (κ1) is 18.5. The molecule has 10 heteroatoms. The molecule has 0 bridgehead atoms. The molecule has 1 atom stereocenters. The summed E-state index contributed by atoms with van der Waals surface area (Å²) in [6, 6.07) is 3.00. The number of ether oxygens (including phenoxy) is 1. The third-order valence-electron chi connectivity index (χ3n) is 3.87. The van der Waals surface area contributed by atoms with E-state index >= 15 is 0 Å². The molecule has 0 aliphatic carbocycles. The number of benzene rings is 1. The van der Waals surface area contributed by atoms with Crippen molar-refractivity contribution in [1.29, 1.82) is 0 Å². The van der Waals surface area contributed by atoms with Crippen LogP contribution in [-0.4, -0.2) is 44.9 Å². The van der Waals surface area contributed by atoms with Crippen LogP contribution < -0.4 is 15.8 Å². The van der Waals surface area contributed by atoms with E-state index in [4.69, 9.17) is 10.5 Å². The summed E-state index contributed by atoms with van der Waals surface area (Å²) >= 11 is 3.27. The first-order valence-corrected chi connectivity index (χ1v) is 9.11. The Morgan fingerprint density at radius 2 is 2.17 bits per heavy atom. The van der Waals surface area contributed by atoms with Gasteiger partial charge in [-0.15, -0.1) is 12.4 Å². The fraction of sp³-hybridized carbons (Fsp3) is 0.462. The van der Waals surface area contributed by atoms with Gasteiger partial charge < -0.3 is 15.8 Å². The Kier molecular flexibility index (Phi) is 5.57. The fourth-order valence-corrected chi connectivity index (χ4v) is 5.18. The Hall–Kier alpha value is -0.870. The van der Waals surface area contributed by atoms with Crippen LogP contribution in [0.2, 0.25) is 0 Å². The van der Waals surface area contributed by atoms with Crippen LogP contribution in [0, 0.1) is 5.92 Å². The molecule has 0 aromatic heterocycles. The highest BCUT2D eigenvalue weighted by molar-refractivity contribution is 9.10. The van der Waals surface area contributed by atoms with Crippen molar-refractivity contribution in [2.45, 2.75) is 11.3 Å². The first-order valence-electron chi connectivity index (χ1n) is 6.88. The van der Waals surface area contributed by atoms with Crippen molar-refractivity contribution in [3.63, 3.8) is 0 Å². The summed E-state index contributed by atoms with van der Waals surface area (Å²) in [5, 5.41) is 2.65. The van der Waals surface area contributed by atoms with Crippen molar-refractivity contribution in [3.8, 4) is 5.75 Å². The maximum absolute atomic E-state index is 12.8. The molecule has 1 aromatic carbocycles. The third-order valence-corrected chi connectivity index (χ3v) is 6.69. The number of nitrogens with two attached hydrogens (primary N) is 1. The molecular weight excluding hydrogens is 410 g/mol. The smallest absolute Gasteiger partial charge is 0.262 e. The monoisotopic (exact) mass is 425 g/mol. The van der Waals surface area contributed by atoms with Gasteiger partial charge in [0.25, 0.3) is 5.91 Å². The molecule has 23 heavy (non-hydrogen) atoms. The lowest BCUT2D eigenvalue weighted by Gasteiger charge is -2.22. The minimum absolute atomic E-state index is 0. The minimum Gasteiger partial charge on any atom is -0.482 e. The van der Waals surface area contributed by atoms with Crippen LogP contribution in [0.3, 0.4) is 0 Å². The highest BCUT2D eigenvalue weighted by Crippen LogP contribution is 2.37. The number of carbonyl (C=O) groups excluding carboxylic acids is 1. The summed E-state index contributed by atoms with van der Waals surface area (Å²) in [6.45, 7) is 1.25. The summed E-state index contributed by atoms with van der Waals surface area (Å²) in [4.78, 5) is 11.4. The summed E-state index contributed by atoms with van der Waals surface area (Å²) in [6.07, 6.45) is 0.769. The summed E-state index contributed by atoms with van der Waals surface area (Å²) in [5.41, 5.74) is 6.08.